The second-order valence-corrected chi connectivity index (χ2v) is 7.04. The van der Waals surface area contributed by atoms with Crippen LogP contribution in [0.15, 0.2) is 29.3 Å². The molecule has 0 spiro atoms. The van der Waals surface area contributed by atoms with E-state index in [2.05, 4.69) is 15.2 Å². The number of benzene rings is 1. The first kappa shape index (κ1) is 25.4. The Bertz CT molecular complexity index is 584. The number of hydrogen-bond donors (Lipinski definition) is 2. The number of methoxy groups -OCH3 is 1. The monoisotopic (exact) mass is 525 g/mol. The summed E-state index contributed by atoms with van der Waals surface area (Å²) in [5, 5.41) is 14.3. The number of nitrogens with one attached hydrogen (secondary N) is 1. The maximum Gasteiger partial charge on any atom is 0.194 e. The Morgan fingerprint density at radius 2 is 2.04 bits per heavy atom. The van der Waals surface area contributed by atoms with Gasteiger partial charge in [0.15, 0.2) is 5.96 Å². The van der Waals surface area contributed by atoms with Crippen molar-refractivity contribution in [3.05, 3.63) is 34.9 Å². The quantitative estimate of drug-likeness (QED) is 0.224. The zero-order chi connectivity index (χ0) is 19.5. The molecule has 1 aliphatic heterocycles. The van der Waals surface area contributed by atoms with Gasteiger partial charge in [0.2, 0.25) is 0 Å². The zero-order valence-corrected chi connectivity index (χ0v) is 19.9. The smallest absolute Gasteiger partial charge is 0.194 e. The molecule has 0 amide bonds. The van der Waals surface area contributed by atoms with Crippen LogP contribution in [0.3, 0.4) is 0 Å². The molecule has 28 heavy (non-hydrogen) atoms. The number of aliphatic hydroxyl groups excluding tert-OH is 1. The second-order valence-electron chi connectivity index (χ2n) is 6.64. The van der Waals surface area contributed by atoms with Crippen LogP contribution in [0.5, 0.6) is 0 Å². The van der Waals surface area contributed by atoms with Gasteiger partial charge in [0.25, 0.3) is 0 Å². The topological polar surface area (TPSA) is 66.3 Å². The third-order valence-corrected chi connectivity index (χ3v) is 4.95. The largest absolute Gasteiger partial charge is 0.386 e. The Kier molecular flexibility index (Phi) is 13.1. The Morgan fingerprint density at radius 3 is 2.68 bits per heavy atom. The van der Waals surface area contributed by atoms with Crippen molar-refractivity contribution in [1.82, 2.24) is 10.2 Å². The Labute approximate surface area is 190 Å². The summed E-state index contributed by atoms with van der Waals surface area (Å²) in [5.41, 5.74) is 0.710. The van der Waals surface area contributed by atoms with Gasteiger partial charge in [-0.1, -0.05) is 29.8 Å². The molecule has 0 saturated carbocycles. The third kappa shape index (κ3) is 8.41. The first-order valence-electron chi connectivity index (χ1n) is 9.72. The lowest BCUT2D eigenvalue weighted by Crippen LogP contribution is -2.47. The number of ether oxygens (including phenoxy) is 2. The predicted octanol–water partition coefficient (Wildman–Crippen LogP) is 3.47. The molecule has 6 nitrogen and oxygen atoms in total. The van der Waals surface area contributed by atoms with Crippen LogP contribution in [0.1, 0.15) is 37.9 Å². The van der Waals surface area contributed by atoms with Crippen molar-refractivity contribution in [2.45, 2.75) is 38.4 Å². The number of hydrogen-bond acceptors (Lipinski definition) is 4. The molecule has 2 N–H and O–H groups in total. The lowest BCUT2D eigenvalue weighted by atomic mass is 10.1. The maximum atomic E-state index is 10.4. The molecular weight excluding hydrogens is 493 g/mol. The van der Waals surface area contributed by atoms with E-state index in [1.54, 1.807) is 13.2 Å². The van der Waals surface area contributed by atoms with Crippen molar-refractivity contribution in [3.63, 3.8) is 0 Å². The van der Waals surface area contributed by atoms with E-state index in [9.17, 15) is 5.11 Å². The van der Waals surface area contributed by atoms with Gasteiger partial charge in [-0.3, -0.25) is 4.99 Å². The maximum absolute atomic E-state index is 10.4. The summed E-state index contributed by atoms with van der Waals surface area (Å²) in [6, 6.07) is 7.35. The van der Waals surface area contributed by atoms with Crippen molar-refractivity contribution < 1.29 is 14.6 Å². The molecular formula is C20H33ClIN3O3. The summed E-state index contributed by atoms with van der Waals surface area (Å²) in [6.07, 6.45) is 2.47. The highest BCUT2D eigenvalue weighted by Gasteiger charge is 2.22. The van der Waals surface area contributed by atoms with Crippen molar-refractivity contribution in [2.24, 2.45) is 4.99 Å². The Morgan fingerprint density at radius 1 is 1.32 bits per heavy atom. The van der Waals surface area contributed by atoms with E-state index < -0.39 is 6.10 Å². The number of guanidine groups is 1. The minimum absolute atomic E-state index is 0. The third-order valence-electron chi connectivity index (χ3n) is 4.60. The normalized spacial score (nSPS) is 16.6. The lowest BCUT2D eigenvalue weighted by Gasteiger charge is -2.34. The zero-order valence-electron chi connectivity index (χ0n) is 16.8. The van der Waals surface area contributed by atoms with Crippen molar-refractivity contribution in [2.75, 3.05) is 46.5 Å². The molecule has 0 bridgehead atoms. The molecule has 0 radical (unpaired) electrons. The fraction of sp³-hybridized carbons (Fsp3) is 0.650. The van der Waals surface area contributed by atoms with E-state index in [1.807, 2.05) is 25.1 Å². The molecule has 8 heteroatoms. The van der Waals surface area contributed by atoms with Crippen LogP contribution >= 0.6 is 35.6 Å². The van der Waals surface area contributed by atoms with Gasteiger partial charge in [-0.15, -0.1) is 24.0 Å². The molecule has 1 unspecified atom stereocenters. The SMILES string of the molecule is CCNC(=NCC(O)c1ccccc1Cl)N1CCC(OCCCOC)CC1.I. The molecule has 1 aromatic carbocycles. The van der Waals surface area contributed by atoms with Gasteiger partial charge >= 0.3 is 0 Å². The molecule has 2 rings (SSSR count). The highest BCUT2D eigenvalue weighted by molar-refractivity contribution is 14.0. The molecule has 1 fully saturated rings. The van der Waals surface area contributed by atoms with Gasteiger partial charge in [0, 0.05) is 50.5 Å². The number of aliphatic hydroxyl groups is 1. The van der Waals surface area contributed by atoms with Gasteiger partial charge in [-0.05, 0) is 32.3 Å². The van der Waals surface area contributed by atoms with E-state index in [4.69, 9.17) is 21.1 Å². The molecule has 0 aliphatic carbocycles. The molecule has 0 aromatic heterocycles. The van der Waals surface area contributed by atoms with Crippen LogP contribution in [-0.2, 0) is 9.47 Å². The number of nitrogens with zero attached hydrogens (tertiary/aromatic N) is 2. The van der Waals surface area contributed by atoms with Crippen LogP contribution in [0.4, 0.5) is 0 Å². The van der Waals surface area contributed by atoms with Gasteiger partial charge in [-0.2, -0.15) is 0 Å². The van der Waals surface area contributed by atoms with Gasteiger partial charge in [0.1, 0.15) is 6.10 Å². The first-order chi connectivity index (χ1) is 13.2. The highest BCUT2D eigenvalue weighted by atomic mass is 127. The molecule has 1 aromatic rings. The van der Waals surface area contributed by atoms with E-state index in [0.29, 0.717) is 16.7 Å². The van der Waals surface area contributed by atoms with Crippen LogP contribution < -0.4 is 5.32 Å². The molecule has 1 aliphatic rings. The summed E-state index contributed by atoms with van der Waals surface area (Å²) < 4.78 is 11.0. The highest BCUT2D eigenvalue weighted by Crippen LogP contribution is 2.23. The van der Waals surface area contributed by atoms with E-state index in [1.165, 1.54) is 0 Å². The van der Waals surface area contributed by atoms with Crippen molar-refractivity contribution >= 4 is 41.5 Å². The minimum Gasteiger partial charge on any atom is -0.386 e. The van der Waals surface area contributed by atoms with Crippen LogP contribution in [0, 0.1) is 0 Å². The average Bonchev–Trinajstić information content (AvgIpc) is 2.69. The van der Waals surface area contributed by atoms with Crippen LogP contribution in [0.2, 0.25) is 5.02 Å². The Balaban J connectivity index is 0.00000392. The second kappa shape index (κ2) is 14.4. The van der Waals surface area contributed by atoms with Crippen molar-refractivity contribution in [1.29, 1.82) is 0 Å². The number of halogens is 2. The minimum atomic E-state index is -0.714. The number of rotatable bonds is 9. The van der Waals surface area contributed by atoms with E-state index in [0.717, 1.165) is 58.1 Å². The molecule has 160 valence electrons. The van der Waals surface area contributed by atoms with Crippen LogP contribution in [0.25, 0.3) is 0 Å². The molecule has 1 heterocycles. The number of likely N-dealkylation sites (tertiary alicyclic amines) is 1. The summed E-state index contributed by atoms with van der Waals surface area (Å²) in [5.74, 6) is 0.835. The van der Waals surface area contributed by atoms with Gasteiger partial charge in [0.05, 0.1) is 12.6 Å². The fourth-order valence-corrected chi connectivity index (χ4v) is 3.39. The number of aliphatic imine (C=N–C) groups is 1. The Hall–Kier alpha value is -0.610. The standard InChI is InChI=1S/C20H32ClN3O3.HI/c1-3-22-20(23-15-19(25)17-7-4-5-8-18(17)21)24-11-9-16(10-12-24)27-14-6-13-26-2;/h4-5,7-8,16,19,25H,3,6,9-15H2,1-2H3,(H,22,23);1H. The lowest BCUT2D eigenvalue weighted by molar-refractivity contribution is 0.00986. The van der Waals surface area contributed by atoms with Crippen molar-refractivity contribution in [3.8, 4) is 0 Å². The summed E-state index contributed by atoms with van der Waals surface area (Å²) >= 11 is 6.17. The molecule has 1 saturated heterocycles. The molecule has 1 atom stereocenters. The number of piperidine rings is 1. The van der Waals surface area contributed by atoms with E-state index in [-0.39, 0.29) is 30.5 Å². The first-order valence-corrected chi connectivity index (χ1v) is 10.1. The van der Waals surface area contributed by atoms with Gasteiger partial charge in [-0.25, -0.2) is 0 Å². The summed E-state index contributed by atoms with van der Waals surface area (Å²) in [4.78, 5) is 6.87. The van der Waals surface area contributed by atoms with E-state index >= 15 is 0 Å². The average molecular weight is 526 g/mol. The fourth-order valence-electron chi connectivity index (χ4n) is 3.13. The summed E-state index contributed by atoms with van der Waals surface area (Å²) in [6.45, 7) is 6.38. The summed E-state index contributed by atoms with van der Waals surface area (Å²) in [7, 11) is 1.71. The van der Waals surface area contributed by atoms with Gasteiger partial charge < -0.3 is 24.8 Å². The predicted molar refractivity (Wildman–Crippen MR) is 125 cm³/mol. The van der Waals surface area contributed by atoms with Crippen LogP contribution in [-0.4, -0.2) is 68.6 Å².